The maximum atomic E-state index is 12.1. The fourth-order valence-electron chi connectivity index (χ4n) is 2.63. The Morgan fingerprint density at radius 3 is 2.47 bits per heavy atom. The SMILES string of the molecule is CCNC(CS(=O)CCC(C)C)C1CCCC1. The fraction of sp³-hybridized carbons (Fsp3) is 1.00. The van der Waals surface area contributed by atoms with E-state index in [4.69, 9.17) is 0 Å². The summed E-state index contributed by atoms with van der Waals surface area (Å²) in [4.78, 5) is 0. The molecule has 0 bridgehead atoms. The third-order valence-electron chi connectivity index (χ3n) is 3.72. The molecule has 2 unspecified atom stereocenters. The van der Waals surface area contributed by atoms with E-state index in [-0.39, 0.29) is 0 Å². The van der Waals surface area contributed by atoms with Gasteiger partial charge in [-0.25, -0.2) is 0 Å². The van der Waals surface area contributed by atoms with Crippen LogP contribution in [0.15, 0.2) is 0 Å². The third-order valence-corrected chi connectivity index (χ3v) is 5.15. The summed E-state index contributed by atoms with van der Waals surface area (Å²) in [5.41, 5.74) is 0. The molecular weight excluding hydrogens is 230 g/mol. The number of nitrogens with one attached hydrogen (secondary N) is 1. The fourth-order valence-corrected chi connectivity index (χ4v) is 4.33. The summed E-state index contributed by atoms with van der Waals surface area (Å²) < 4.78 is 12.1. The highest BCUT2D eigenvalue weighted by Gasteiger charge is 2.25. The van der Waals surface area contributed by atoms with E-state index in [2.05, 4.69) is 26.1 Å². The van der Waals surface area contributed by atoms with Gasteiger partial charge in [0.2, 0.25) is 0 Å². The quantitative estimate of drug-likeness (QED) is 0.726. The average molecular weight is 259 g/mol. The summed E-state index contributed by atoms with van der Waals surface area (Å²) >= 11 is 0. The van der Waals surface area contributed by atoms with E-state index in [0.29, 0.717) is 12.0 Å². The highest BCUT2D eigenvalue weighted by atomic mass is 32.2. The van der Waals surface area contributed by atoms with Crippen molar-refractivity contribution in [1.82, 2.24) is 5.32 Å². The first kappa shape index (κ1) is 15.2. The van der Waals surface area contributed by atoms with Gasteiger partial charge in [-0.1, -0.05) is 33.6 Å². The highest BCUT2D eigenvalue weighted by Crippen LogP contribution is 2.28. The summed E-state index contributed by atoms with van der Waals surface area (Å²) in [5.74, 6) is 3.19. The third kappa shape index (κ3) is 6.01. The van der Waals surface area contributed by atoms with Crippen molar-refractivity contribution in [2.45, 2.75) is 58.9 Å². The zero-order chi connectivity index (χ0) is 12.7. The van der Waals surface area contributed by atoms with Gasteiger partial charge < -0.3 is 5.32 Å². The molecule has 1 fully saturated rings. The molecular formula is C14H29NOS. The van der Waals surface area contributed by atoms with Crippen LogP contribution >= 0.6 is 0 Å². The Kier molecular flexibility index (Phi) is 7.36. The Bertz CT molecular complexity index is 224. The van der Waals surface area contributed by atoms with Crippen molar-refractivity contribution in [3.8, 4) is 0 Å². The molecule has 1 saturated carbocycles. The van der Waals surface area contributed by atoms with Crippen LogP contribution in [-0.4, -0.2) is 28.3 Å². The van der Waals surface area contributed by atoms with Crippen LogP contribution < -0.4 is 5.32 Å². The second-order valence-corrected chi connectivity index (χ2v) is 7.32. The second kappa shape index (κ2) is 8.25. The van der Waals surface area contributed by atoms with Gasteiger partial charge in [-0.3, -0.25) is 4.21 Å². The molecule has 2 atom stereocenters. The van der Waals surface area contributed by atoms with Gasteiger partial charge in [0, 0.05) is 28.3 Å². The molecule has 0 heterocycles. The molecule has 0 radical (unpaired) electrons. The van der Waals surface area contributed by atoms with E-state index in [1.165, 1.54) is 25.7 Å². The van der Waals surface area contributed by atoms with E-state index in [1.807, 2.05) is 0 Å². The van der Waals surface area contributed by atoms with E-state index in [0.717, 1.165) is 30.4 Å². The maximum Gasteiger partial charge on any atom is 0.0391 e. The van der Waals surface area contributed by atoms with Crippen LogP contribution in [0.5, 0.6) is 0 Å². The lowest BCUT2D eigenvalue weighted by atomic mass is 10.00. The normalized spacial score (nSPS) is 20.9. The molecule has 0 aliphatic heterocycles. The molecule has 0 amide bonds. The van der Waals surface area contributed by atoms with Gasteiger partial charge in [0.05, 0.1) is 0 Å². The van der Waals surface area contributed by atoms with Crippen LogP contribution in [0.25, 0.3) is 0 Å². The van der Waals surface area contributed by atoms with E-state index in [9.17, 15) is 4.21 Å². The number of hydrogen-bond donors (Lipinski definition) is 1. The van der Waals surface area contributed by atoms with Crippen molar-refractivity contribution in [3.05, 3.63) is 0 Å². The van der Waals surface area contributed by atoms with Crippen molar-refractivity contribution in [2.75, 3.05) is 18.1 Å². The van der Waals surface area contributed by atoms with Crippen LogP contribution in [0.4, 0.5) is 0 Å². The molecule has 0 aromatic carbocycles. The lowest BCUT2D eigenvalue weighted by molar-refractivity contribution is 0.392. The van der Waals surface area contributed by atoms with Gasteiger partial charge in [-0.05, 0) is 37.6 Å². The van der Waals surface area contributed by atoms with Gasteiger partial charge in [0.1, 0.15) is 0 Å². The summed E-state index contributed by atoms with van der Waals surface area (Å²) in [5, 5.41) is 3.55. The Morgan fingerprint density at radius 2 is 1.94 bits per heavy atom. The van der Waals surface area contributed by atoms with Gasteiger partial charge in [-0.15, -0.1) is 0 Å². The van der Waals surface area contributed by atoms with Gasteiger partial charge >= 0.3 is 0 Å². The van der Waals surface area contributed by atoms with Crippen LogP contribution in [0, 0.1) is 11.8 Å². The zero-order valence-corrected chi connectivity index (χ0v) is 12.5. The monoisotopic (exact) mass is 259 g/mol. The molecule has 0 aromatic heterocycles. The first-order valence-electron chi connectivity index (χ1n) is 7.21. The Balaban J connectivity index is 2.34. The molecule has 1 rings (SSSR count). The molecule has 1 N–H and O–H groups in total. The first-order chi connectivity index (χ1) is 8.13. The van der Waals surface area contributed by atoms with Crippen molar-refractivity contribution >= 4 is 10.8 Å². The van der Waals surface area contributed by atoms with Crippen molar-refractivity contribution in [1.29, 1.82) is 0 Å². The molecule has 1 aliphatic rings. The lowest BCUT2D eigenvalue weighted by Gasteiger charge is -2.24. The highest BCUT2D eigenvalue weighted by molar-refractivity contribution is 7.85. The smallest absolute Gasteiger partial charge is 0.0391 e. The topological polar surface area (TPSA) is 29.1 Å². The molecule has 0 aromatic rings. The Hall–Kier alpha value is 0.110. The molecule has 17 heavy (non-hydrogen) atoms. The molecule has 0 saturated heterocycles. The van der Waals surface area contributed by atoms with Crippen molar-refractivity contribution in [3.63, 3.8) is 0 Å². The maximum absolute atomic E-state index is 12.1. The molecule has 102 valence electrons. The van der Waals surface area contributed by atoms with E-state index in [1.54, 1.807) is 0 Å². The van der Waals surface area contributed by atoms with Crippen LogP contribution in [0.2, 0.25) is 0 Å². The predicted octanol–water partition coefficient (Wildman–Crippen LogP) is 2.95. The second-order valence-electron chi connectivity index (χ2n) is 5.70. The van der Waals surface area contributed by atoms with Crippen LogP contribution in [-0.2, 0) is 10.8 Å². The largest absolute Gasteiger partial charge is 0.313 e. The zero-order valence-electron chi connectivity index (χ0n) is 11.7. The summed E-state index contributed by atoms with van der Waals surface area (Å²) in [6.45, 7) is 7.56. The van der Waals surface area contributed by atoms with Crippen LogP contribution in [0.3, 0.4) is 0 Å². The Morgan fingerprint density at radius 1 is 1.29 bits per heavy atom. The summed E-state index contributed by atoms with van der Waals surface area (Å²) in [6, 6.07) is 0.496. The molecule has 2 nitrogen and oxygen atoms in total. The summed E-state index contributed by atoms with van der Waals surface area (Å²) in [7, 11) is -0.631. The van der Waals surface area contributed by atoms with Gasteiger partial charge in [0.25, 0.3) is 0 Å². The number of hydrogen-bond acceptors (Lipinski definition) is 2. The molecule has 3 heteroatoms. The van der Waals surface area contributed by atoms with Gasteiger partial charge in [0.15, 0.2) is 0 Å². The minimum absolute atomic E-state index is 0.496. The van der Waals surface area contributed by atoms with E-state index >= 15 is 0 Å². The van der Waals surface area contributed by atoms with Gasteiger partial charge in [-0.2, -0.15) is 0 Å². The predicted molar refractivity (Wildman–Crippen MR) is 76.8 cm³/mol. The average Bonchev–Trinajstić information content (AvgIpc) is 2.79. The van der Waals surface area contributed by atoms with Crippen molar-refractivity contribution < 1.29 is 4.21 Å². The van der Waals surface area contributed by atoms with Crippen molar-refractivity contribution in [2.24, 2.45) is 11.8 Å². The first-order valence-corrected chi connectivity index (χ1v) is 8.70. The standard InChI is InChI=1S/C14H29NOS/c1-4-15-14(13-7-5-6-8-13)11-17(16)10-9-12(2)3/h12-15H,4-11H2,1-3H3. The lowest BCUT2D eigenvalue weighted by Crippen LogP contribution is -2.40. The molecule has 1 aliphatic carbocycles. The Labute approximate surface area is 109 Å². The number of rotatable bonds is 8. The minimum atomic E-state index is -0.631. The summed E-state index contributed by atoms with van der Waals surface area (Å²) in [6.07, 6.45) is 6.49. The minimum Gasteiger partial charge on any atom is -0.313 e. The molecule has 0 spiro atoms. The van der Waals surface area contributed by atoms with Crippen LogP contribution in [0.1, 0.15) is 52.9 Å². The van der Waals surface area contributed by atoms with E-state index < -0.39 is 10.8 Å².